The Morgan fingerprint density at radius 2 is 1.65 bits per heavy atom. The summed E-state index contributed by atoms with van der Waals surface area (Å²) >= 11 is 0. The van der Waals surface area contributed by atoms with Gasteiger partial charge in [-0.3, -0.25) is 14.4 Å². The van der Waals surface area contributed by atoms with Gasteiger partial charge >= 0.3 is 5.97 Å². The molecule has 0 heterocycles. The van der Waals surface area contributed by atoms with Gasteiger partial charge in [-0.1, -0.05) is 42.5 Å². The Kier molecular flexibility index (Phi) is 5.93. The van der Waals surface area contributed by atoms with Crippen LogP contribution in [0.4, 0.5) is 5.69 Å². The van der Waals surface area contributed by atoms with Crippen molar-refractivity contribution in [3.63, 3.8) is 0 Å². The first-order chi connectivity index (χ1) is 12.2. The number of ketones is 1. The van der Waals surface area contributed by atoms with Gasteiger partial charge in [0.2, 0.25) is 0 Å². The number of rotatable bonds is 6. The van der Waals surface area contributed by atoms with Crippen LogP contribution in [0.15, 0.2) is 54.6 Å². The monoisotopic (exact) mass is 353 g/mol. The molecule has 0 radical (unpaired) electrons. The van der Waals surface area contributed by atoms with Gasteiger partial charge in [-0.15, -0.1) is 0 Å². The van der Waals surface area contributed by atoms with Crippen molar-refractivity contribution in [2.45, 2.75) is 39.2 Å². The van der Waals surface area contributed by atoms with E-state index in [4.69, 9.17) is 4.74 Å². The summed E-state index contributed by atoms with van der Waals surface area (Å²) in [7, 11) is 0. The molecule has 0 saturated heterocycles. The molecule has 2 aromatic carbocycles. The van der Waals surface area contributed by atoms with Gasteiger partial charge in [0.25, 0.3) is 5.91 Å². The van der Waals surface area contributed by atoms with Gasteiger partial charge in [-0.2, -0.15) is 0 Å². The van der Waals surface area contributed by atoms with Gasteiger partial charge in [-0.25, -0.2) is 0 Å². The molecule has 2 aromatic rings. The molecule has 136 valence electrons. The molecular formula is C21H23NO4. The second kappa shape index (κ2) is 7.95. The van der Waals surface area contributed by atoms with Gasteiger partial charge in [0.15, 0.2) is 11.9 Å². The molecule has 0 aromatic heterocycles. The summed E-state index contributed by atoms with van der Waals surface area (Å²) < 4.78 is 5.36. The van der Waals surface area contributed by atoms with E-state index in [9.17, 15) is 14.4 Å². The number of hydrogen-bond donors (Lipinski definition) is 1. The minimum atomic E-state index is -0.966. The Morgan fingerprint density at radius 1 is 1.00 bits per heavy atom. The quantitative estimate of drug-likeness (QED) is 0.634. The number of carbonyl (C=O) groups excluding carboxylic acids is 3. The maximum Gasteiger partial charge on any atom is 0.316 e. The van der Waals surface area contributed by atoms with E-state index in [0.29, 0.717) is 11.3 Å². The van der Waals surface area contributed by atoms with Crippen LogP contribution in [0.5, 0.6) is 0 Å². The highest BCUT2D eigenvalue weighted by molar-refractivity contribution is 5.98. The van der Waals surface area contributed by atoms with Gasteiger partial charge in [0.05, 0.1) is 5.41 Å². The van der Waals surface area contributed by atoms with E-state index in [2.05, 4.69) is 5.32 Å². The first-order valence-corrected chi connectivity index (χ1v) is 8.40. The Morgan fingerprint density at radius 3 is 2.27 bits per heavy atom. The van der Waals surface area contributed by atoms with Crippen LogP contribution in [-0.2, 0) is 19.7 Å². The van der Waals surface area contributed by atoms with E-state index >= 15 is 0 Å². The summed E-state index contributed by atoms with van der Waals surface area (Å²) in [6.45, 7) is 6.48. The Bertz CT molecular complexity index is 812. The molecule has 0 aliphatic heterocycles. The molecule has 0 fully saturated rings. The van der Waals surface area contributed by atoms with Crippen molar-refractivity contribution in [2.75, 3.05) is 5.32 Å². The number of ether oxygens (including phenoxy) is 1. The maximum absolute atomic E-state index is 12.5. The first-order valence-electron chi connectivity index (χ1n) is 8.40. The lowest BCUT2D eigenvalue weighted by atomic mass is 9.85. The smallest absolute Gasteiger partial charge is 0.316 e. The number of Topliss-reactive ketones (excluding diaryl/α,β-unsaturated/α-hetero) is 1. The van der Waals surface area contributed by atoms with Gasteiger partial charge < -0.3 is 10.1 Å². The molecule has 1 amide bonds. The highest BCUT2D eigenvalue weighted by Crippen LogP contribution is 2.25. The molecule has 0 aliphatic rings. The third kappa shape index (κ3) is 4.57. The normalized spacial score (nSPS) is 12.2. The summed E-state index contributed by atoms with van der Waals surface area (Å²) in [5, 5.41) is 2.67. The molecule has 0 aliphatic carbocycles. The Balaban J connectivity index is 2.03. The average molecular weight is 353 g/mol. The first kappa shape index (κ1) is 19.4. The second-order valence-corrected chi connectivity index (χ2v) is 6.66. The van der Waals surface area contributed by atoms with E-state index in [1.54, 1.807) is 38.1 Å². The lowest BCUT2D eigenvalue weighted by molar-refractivity contribution is -0.158. The summed E-state index contributed by atoms with van der Waals surface area (Å²) in [5.74, 6) is -1.03. The zero-order chi connectivity index (χ0) is 19.3. The van der Waals surface area contributed by atoms with E-state index in [1.807, 2.05) is 30.3 Å². The molecule has 0 saturated carbocycles. The molecule has 5 heteroatoms. The van der Waals surface area contributed by atoms with Crippen LogP contribution in [0.3, 0.4) is 0 Å². The van der Waals surface area contributed by atoms with Gasteiger partial charge in [0, 0.05) is 11.3 Å². The highest BCUT2D eigenvalue weighted by Gasteiger charge is 2.33. The number of esters is 1. The lowest BCUT2D eigenvalue weighted by Crippen LogP contribution is -2.37. The fourth-order valence-corrected chi connectivity index (χ4v) is 2.39. The molecule has 1 N–H and O–H groups in total. The van der Waals surface area contributed by atoms with Crippen LogP contribution in [0.25, 0.3) is 0 Å². The van der Waals surface area contributed by atoms with Crippen molar-refractivity contribution < 1.29 is 19.1 Å². The summed E-state index contributed by atoms with van der Waals surface area (Å²) in [6.07, 6.45) is -0.966. The number of benzene rings is 2. The summed E-state index contributed by atoms with van der Waals surface area (Å²) in [5.41, 5.74) is 0.919. The number of carbonyl (C=O) groups is 3. The summed E-state index contributed by atoms with van der Waals surface area (Å²) in [4.78, 5) is 36.3. The van der Waals surface area contributed by atoms with Gasteiger partial charge in [-0.05, 0) is 45.4 Å². The van der Waals surface area contributed by atoms with Crippen LogP contribution in [-0.4, -0.2) is 23.8 Å². The van der Waals surface area contributed by atoms with Crippen LogP contribution in [0.2, 0.25) is 0 Å². The molecule has 0 bridgehead atoms. The minimum absolute atomic E-state index is 0.0924. The fourth-order valence-electron chi connectivity index (χ4n) is 2.39. The fraction of sp³-hybridized carbons (Fsp3) is 0.286. The largest absolute Gasteiger partial charge is 0.452 e. The third-order valence-electron chi connectivity index (χ3n) is 4.20. The lowest BCUT2D eigenvalue weighted by Gasteiger charge is -2.25. The van der Waals surface area contributed by atoms with E-state index in [0.717, 1.165) is 5.56 Å². The van der Waals surface area contributed by atoms with Crippen LogP contribution in [0, 0.1) is 0 Å². The van der Waals surface area contributed by atoms with Gasteiger partial charge in [0.1, 0.15) is 0 Å². The molecule has 26 heavy (non-hydrogen) atoms. The second-order valence-electron chi connectivity index (χ2n) is 6.66. The molecule has 0 unspecified atom stereocenters. The minimum Gasteiger partial charge on any atom is -0.452 e. The van der Waals surface area contributed by atoms with Crippen molar-refractivity contribution >= 4 is 23.3 Å². The van der Waals surface area contributed by atoms with Crippen LogP contribution < -0.4 is 5.32 Å². The number of anilines is 1. The zero-order valence-corrected chi connectivity index (χ0v) is 15.4. The van der Waals surface area contributed by atoms with Crippen molar-refractivity contribution in [3.05, 3.63) is 65.7 Å². The van der Waals surface area contributed by atoms with E-state index in [-0.39, 0.29) is 5.78 Å². The Labute approximate surface area is 153 Å². The Hall–Kier alpha value is -2.95. The third-order valence-corrected chi connectivity index (χ3v) is 4.20. The summed E-state index contributed by atoms with van der Waals surface area (Å²) in [6, 6.07) is 15.9. The molecule has 0 spiro atoms. The molecule has 1 atom stereocenters. The maximum atomic E-state index is 12.5. The highest BCUT2D eigenvalue weighted by atomic mass is 16.5. The van der Waals surface area contributed by atoms with E-state index in [1.165, 1.54) is 13.8 Å². The topological polar surface area (TPSA) is 72.5 Å². The van der Waals surface area contributed by atoms with Crippen molar-refractivity contribution in [3.8, 4) is 0 Å². The van der Waals surface area contributed by atoms with Crippen molar-refractivity contribution in [1.29, 1.82) is 0 Å². The molecule has 5 nitrogen and oxygen atoms in total. The predicted molar refractivity (Wildman–Crippen MR) is 100 cm³/mol. The molecular weight excluding hydrogens is 330 g/mol. The van der Waals surface area contributed by atoms with Crippen molar-refractivity contribution in [1.82, 2.24) is 0 Å². The standard InChI is InChI=1S/C21H23NO4/c1-14(23)16-9-8-12-18(13-16)22-19(24)15(2)26-20(25)21(3,4)17-10-6-5-7-11-17/h5-13,15H,1-4H3,(H,22,24)/t15-/m1/s1. The molecule has 2 rings (SSSR count). The SMILES string of the molecule is CC(=O)c1cccc(NC(=O)[C@@H](C)OC(=O)C(C)(C)c2ccccc2)c1. The average Bonchev–Trinajstić information content (AvgIpc) is 2.62. The van der Waals surface area contributed by atoms with Crippen molar-refractivity contribution in [2.24, 2.45) is 0 Å². The number of amides is 1. The predicted octanol–water partition coefficient (Wildman–Crippen LogP) is 3.74. The zero-order valence-electron chi connectivity index (χ0n) is 15.4. The van der Waals surface area contributed by atoms with E-state index < -0.39 is 23.4 Å². The van der Waals surface area contributed by atoms with Crippen LogP contribution >= 0.6 is 0 Å². The van der Waals surface area contributed by atoms with Crippen LogP contribution in [0.1, 0.15) is 43.6 Å². The number of hydrogen-bond acceptors (Lipinski definition) is 4. The number of nitrogens with one attached hydrogen (secondary N) is 1.